The molecule has 0 saturated carbocycles. The maximum atomic E-state index is 11.6. The highest BCUT2D eigenvalue weighted by atomic mass is 32.1. The number of thiophene rings is 1. The van der Waals surface area contributed by atoms with Gasteiger partial charge >= 0.3 is 5.97 Å². The maximum absolute atomic E-state index is 11.6. The van der Waals surface area contributed by atoms with Crippen LogP contribution in [0.5, 0.6) is 0 Å². The smallest absolute Gasteiger partial charge is 0.348 e. The summed E-state index contributed by atoms with van der Waals surface area (Å²) in [6, 6.07) is 5.49. The highest BCUT2D eigenvalue weighted by Gasteiger charge is 2.12. The van der Waals surface area contributed by atoms with Crippen molar-refractivity contribution in [3.05, 3.63) is 40.8 Å². The molecule has 0 unspecified atom stereocenters. The van der Waals surface area contributed by atoms with Gasteiger partial charge in [-0.2, -0.15) is 5.10 Å². The average Bonchev–Trinajstić information content (AvgIpc) is 2.99. The predicted octanol–water partition coefficient (Wildman–Crippen LogP) is 2.58. The van der Waals surface area contributed by atoms with Crippen LogP contribution in [-0.2, 0) is 11.3 Å². The van der Waals surface area contributed by atoms with E-state index >= 15 is 0 Å². The normalized spacial score (nSPS) is 12.3. The first-order valence-electron chi connectivity index (χ1n) is 5.47. The van der Waals surface area contributed by atoms with Crippen LogP contribution in [0.4, 0.5) is 0 Å². The second kappa shape index (κ2) is 5.63. The molecule has 17 heavy (non-hydrogen) atoms. The van der Waals surface area contributed by atoms with E-state index in [0.717, 1.165) is 13.0 Å². The summed E-state index contributed by atoms with van der Waals surface area (Å²) in [6.07, 6.45) is 4.29. The Hall–Kier alpha value is -1.62. The van der Waals surface area contributed by atoms with E-state index in [1.807, 2.05) is 35.3 Å². The van der Waals surface area contributed by atoms with E-state index in [0.29, 0.717) is 4.88 Å². The molecule has 0 radical (unpaired) electrons. The first kappa shape index (κ1) is 11.9. The van der Waals surface area contributed by atoms with Crippen molar-refractivity contribution in [2.75, 3.05) is 0 Å². The standard InChI is InChI=1S/C12H14N2O2S/c1-10(5-8-14-7-3-6-13-14)16-12(15)11-4-2-9-17-11/h2-4,6-7,9-10H,5,8H2,1H3/t10-/m0/s1. The highest BCUT2D eigenvalue weighted by molar-refractivity contribution is 7.11. The van der Waals surface area contributed by atoms with Crippen LogP contribution in [0.15, 0.2) is 36.0 Å². The molecule has 2 rings (SSSR count). The zero-order valence-electron chi connectivity index (χ0n) is 9.57. The molecule has 0 aliphatic rings. The van der Waals surface area contributed by atoms with Gasteiger partial charge in [0.15, 0.2) is 0 Å². The van der Waals surface area contributed by atoms with Gasteiger partial charge in [0.25, 0.3) is 0 Å². The van der Waals surface area contributed by atoms with E-state index in [-0.39, 0.29) is 12.1 Å². The van der Waals surface area contributed by atoms with Crippen molar-refractivity contribution < 1.29 is 9.53 Å². The van der Waals surface area contributed by atoms with Gasteiger partial charge in [0.05, 0.1) is 0 Å². The molecule has 5 heteroatoms. The molecule has 0 bridgehead atoms. The van der Waals surface area contributed by atoms with Crippen molar-refractivity contribution in [3.63, 3.8) is 0 Å². The van der Waals surface area contributed by atoms with E-state index in [9.17, 15) is 4.79 Å². The summed E-state index contributed by atoms with van der Waals surface area (Å²) in [6.45, 7) is 2.65. The van der Waals surface area contributed by atoms with E-state index in [2.05, 4.69) is 5.10 Å². The van der Waals surface area contributed by atoms with Crippen LogP contribution in [-0.4, -0.2) is 21.9 Å². The van der Waals surface area contributed by atoms with Crippen molar-refractivity contribution in [2.24, 2.45) is 0 Å². The summed E-state index contributed by atoms with van der Waals surface area (Å²) in [5, 5.41) is 5.96. The summed E-state index contributed by atoms with van der Waals surface area (Å²) >= 11 is 1.40. The van der Waals surface area contributed by atoms with Gasteiger partial charge < -0.3 is 4.74 Å². The molecule has 0 N–H and O–H groups in total. The first-order chi connectivity index (χ1) is 8.25. The molecule has 0 fully saturated rings. The molecule has 1 atom stereocenters. The second-order valence-electron chi connectivity index (χ2n) is 3.75. The first-order valence-corrected chi connectivity index (χ1v) is 6.35. The summed E-state index contributed by atoms with van der Waals surface area (Å²) in [5.41, 5.74) is 0. The van der Waals surface area contributed by atoms with Crippen LogP contribution in [0.1, 0.15) is 23.0 Å². The van der Waals surface area contributed by atoms with Crippen LogP contribution in [0.25, 0.3) is 0 Å². The number of aryl methyl sites for hydroxylation is 1. The van der Waals surface area contributed by atoms with Crippen LogP contribution in [0, 0.1) is 0 Å². The minimum absolute atomic E-state index is 0.103. The number of carbonyl (C=O) groups is 1. The van der Waals surface area contributed by atoms with Gasteiger partial charge in [0.2, 0.25) is 0 Å². The van der Waals surface area contributed by atoms with E-state index in [1.54, 1.807) is 12.3 Å². The maximum Gasteiger partial charge on any atom is 0.348 e. The number of hydrogen-bond donors (Lipinski definition) is 0. The molecule has 2 aromatic heterocycles. The lowest BCUT2D eigenvalue weighted by Crippen LogP contribution is -2.16. The zero-order valence-corrected chi connectivity index (χ0v) is 10.4. The molecule has 0 aliphatic carbocycles. The van der Waals surface area contributed by atoms with Crippen molar-refractivity contribution >= 4 is 17.3 Å². The molecule has 0 saturated heterocycles. The van der Waals surface area contributed by atoms with Gasteiger partial charge in [0, 0.05) is 25.4 Å². The van der Waals surface area contributed by atoms with Gasteiger partial charge in [-0.25, -0.2) is 4.79 Å². The van der Waals surface area contributed by atoms with Gasteiger partial charge in [-0.15, -0.1) is 11.3 Å². The zero-order chi connectivity index (χ0) is 12.1. The summed E-state index contributed by atoms with van der Waals surface area (Å²) < 4.78 is 7.15. The van der Waals surface area contributed by atoms with Crippen LogP contribution >= 0.6 is 11.3 Å². The summed E-state index contributed by atoms with van der Waals surface area (Å²) in [7, 11) is 0. The minimum atomic E-state index is -0.243. The average molecular weight is 250 g/mol. The van der Waals surface area contributed by atoms with Crippen molar-refractivity contribution in [3.8, 4) is 0 Å². The Labute approximate surface area is 104 Å². The lowest BCUT2D eigenvalue weighted by Gasteiger charge is -2.12. The molecule has 0 aliphatic heterocycles. The van der Waals surface area contributed by atoms with Crippen LogP contribution in [0.3, 0.4) is 0 Å². The minimum Gasteiger partial charge on any atom is -0.458 e. The van der Waals surface area contributed by atoms with Gasteiger partial charge in [-0.3, -0.25) is 4.68 Å². The number of ether oxygens (including phenoxy) is 1. The Morgan fingerprint density at radius 2 is 2.47 bits per heavy atom. The fourth-order valence-electron chi connectivity index (χ4n) is 1.44. The van der Waals surface area contributed by atoms with Crippen molar-refractivity contribution in [1.82, 2.24) is 9.78 Å². The number of aromatic nitrogens is 2. The van der Waals surface area contributed by atoms with Gasteiger partial charge in [-0.05, 0) is 24.4 Å². The topological polar surface area (TPSA) is 44.1 Å². The fraction of sp³-hybridized carbons (Fsp3) is 0.333. The molecule has 0 spiro atoms. The third-order valence-electron chi connectivity index (χ3n) is 2.35. The number of nitrogens with zero attached hydrogens (tertiary/aromatic N) is 2. The molecule has 0 aromatic carbocycles. The quantitative estimate of drug-likeness (QED) is 0.766. The molecular formula is C12H14N2O2S. The van der Waals surface area contributed by atoms with E-state index < -0.39 is 0 Å². The van der Waals surface area contributed by atoms with Crippen molar-refractivity contribution in [2.45, 2.75) is 26.0 Å². The lowest BCUT2D eigenvalue weighted by atomic mass is 10.3. The van der Waals surface area contributed by atoms with E-state index in [1.165, 1.54) is 11.3 Å². The largest absolute Gasteiger partial charge is 0.458 e. The molecule has 2 aromatic rings. The van der Waals surface area contributed by atoms with Crippen molar-refractivity contribution in [1.29, 1.82) is 0 Å². The summed E-state index contributed by atoms with van der Waals surface area (Å²) in [4.78, 5) is 12.3. The Morgan fingerprint density at radius 1 is 1.59 bits per heavy atom. The molecule has 4 nitrogen and oxygen atoms in total. The van der Waals surface area contributed by atoms with Gasteiger partial charge in [-0.1, -0.05) is 6.07 Å². The Bertz CT molecular complexity index is 451. The molecule has 0 amide bonds. The molecule has 2 heterocycles. The predicted molar refractivity (Wildman–Crippen MR) is 66.0 cm³/mol. The Balaban J connectivity index is 1.77. The third-order valence-corrected chi connectivity index (χ3v) is 3.20. The SMILES string of the molecule is C[C@@H](CCn1cccn1)OC(=O)c1cccs1. The van der Waals surface area contributed by atoms with Crippen LogP contribution < -0.4 is 0 Å². The summed E-state index contributed by atoms with van der Waals surface area (Å²) in [5.74, 6) is -0.243. The highest BCUT2D eigenvalue weighted by Crippen LogP contribution is 2.12. The molecular weight excluding hydrogens is 236 g/mol. The second-order valence-corrected chi connectivity index (χ2v) is 4.70. The Kier molecular flexibility index (Phi) is 3.93. The number of esters is 1. The Morgan fingerprint density at radius 3 is 3.12 bits per heavy atom. The van der Waals surface area contributed by atoms with Gasteiger partial charge in [0.1, 0.15) is 11.0 Å². The van der Waals surface area contributed by atoms with Crippen LogP contribution in [0.2, 0.25) is 0 Å². The number of rotatable bonds is 5. The fourth-order valence-corrected chi connectivity index (χ4v) is 2.05. The number of hydrogen-bond acceptors (Lipinski definition) is 4. The lowest BCUT2D eigenvalue weighted by molar-refractivity contribution is 0.0320. The molecule has 90 valence electrons. The monoisotopic (exact) mass is 250 g/mol. The number of carbonyl (C=O) groups excluding carboxylic acids is 1. The third kappa shape index (κ3) is 3.42. The van der Waals surface area contributed by atoms with E-state index in [4.69, 9.17) is 4.74 Å².